The Labute approximate surface area is 108 Å². The molecule has 98 valence electrons. The average Bonchev–Trinajstić information content (AvgIpc) is 3.00. The predicted molar refractivity (Wildman–Crippen MR) is 70.8 cm³/mol. The Morgan fingerprint density at radius 1 is 1.39 bits per heavy atom. The number of hydrogen-bond acceptors (Lipinski definition) is 4. The van der Waals surface area contributed by atoms with Crippen molar-refractivity contribution >= 4 is 5.82 Å². The number of aromatic nitrogens is 2. The summed E-state index contributed by atoms with van der Waals surface area (Å²) in [6, 6.07) is 2.14. The van der Waals surface area contributed by atoms with E-state index in [0.29, 0.717) is 5.41 Å². The molecule has 18 heavy (non-hydrogen) atoms. The zero-order chi connectivity index (χ0) is 12.6. The molecular formula is C14H21N3O. The number of ether oxygens (including phenoxy) is 1. The molecule has 3 heterocycles. The minimum absolute atomic E-state index is 0.394. The van der Waals surface area contributed by atoms with Gasteiger partial charge in [-0.2, -0.15) is 0 Å². The molecule has 4 nitrogen and oxygen atoms in total. The number of hydrogen-bond donors (Lipinski definition) is 0. The Hall–Kier alpha value is -1.16. The van der Waals surface area contributed by atoms with Crippen molar-refractivity contribution in [3.8, 4) is 0 Å². The minimum atomic E-state index is 0.394. The van der Waals surface area contributed by atoms with Crippen molar-refractivity contribution < 1.29 is 4.74 Å². The van der Waals surface area contributed by atoms with E-state index in [9.17, 15) is 0 Å². The zero-order valence-electron chi connectivity index (χ0n) is 11.3. The van der Waals surface area contributed by atoms with Gasteiger partial charge in [-0.1, -0.05) is 6.92 Å². The molecule has 1 atom stereocenters. The summed E-state index contributed by atoms with van der Waals surface area (Å²) in [5.41, 5.74) is 1.53. The molecule has 1 aromatic rings. The molecule has 0 aliphatic carbocycles. The van der Waals surface area contributed by atoms with Gasteiger partial charge in [0.15, 0.2) is 0 Å². The maximum Gasteiger partial charge on any atom is 0.132 e. The Kier molecular flexibility index (Phi) is 2.98. The monoisotopic (exact) mass is 247 g/mol. The lowest BCUT2D eigenvalue weighted by molar-refractivity contribution is 0.160. The summed E-state index contributed by atoms with van der Waals surface area (Å²) >= 11 is 0. The van der Waals surface area contributed by atoms with Crippen LogP contribution in [-0.2, 0) is 11.2 Å². The molecule has 0 N–H and O–H groups in total. The van der Waals surface area contributed by atoms with Gasteiger partial charge in [0.2, 0.25) is 0 Å². The van der Waals surface area contributed by atoms with E-state index in [1.165, 1.54) is 12.8 Å². The van der Waals surface area contributed by atoms with Gasteiger partial charge in [0.25, 0.3) is 0 Å². The van der Waals surface area contributed by atoms with Crippen LogP contribution in [0.15, 0.2) is 6.07 Å². The maximum absolute atomic E-state index is 5.58. The first kappa shape index (κ1) is 11.9. The van der Waals surface area contributed by atoms with E-state index in [1.807, 2.05) is 6.92 Å². The van der Waals surface area contributed by atoms with Crippen molar-refractivity contribution in [1.29, 1.82) is 0 Å². The molecule has 1 aromatic heterocycles. The molecule has 0 aromatic carbocycles. The molecule has 1 spiro atoms. The van der Waals surface area contributed by atoms with Crippen LogP contribution in [0, 0.1) is 12.3 Å². The van der Waals surface area contributed by atoms with Crippen LogP contribution in [0.3, 0.4) is 0 Å². The van der Waals surface area contributed by atoms with Crippen molar-refractivity contribution in [2.24, 2.45) is 5.41 Å². The summed E-state index contributed by atoms with van der Waals surface area (Å²) in [5, 5.41) is 0. The van der Waals surface area contributed by atoms with Gasteiger partial charge in [-0.15, -0.1) is 0 Å². The molecule has 2 aliphatic rings. The van der Waals surface area contributed by atoms with Crippen LogP contribution in [-0.4, -0.2) is 36.3 Å². The van der Waals surface area contributed by atoms with Crippen LogP contribution >= 0.6 is 0 Å². The largest absolute Gasteiger partial charge is 0.381 e. The van der Waals surface area contributed by atoms with Crippen LogP contribution in [0.4, 0.5) is 5.82 Å². The molecule has 1 unspecified atom stereocenters. The van der Waals surface area contributed by atoms with E-state index >= 15 is 0 Å². The standard InChI is InChI=1S/C14H21N3O/c1-3-12-8-13(16-11(2)15-12)17-6-4-14(9-17)5-7-18-10-14/h8H,3-7,9-10H2,1-2H3. The van der Waals surface area contributed by atoms with E-state index in [0.717, 1.165) is 50.1 Å². The fourth-order valence-corrected chi connectivity index (χ4v) is 3.06. The summed E-state index contributed by atoms with van der Waals surface area (Å²) in [7, 11) is 0. The summed E-state index contributed by atoms with van der Waals surface area (Å²) in [4.78, 5) is 11.4. The highest BCUT2D eigenvalue weighted by Gasteiger charge is 2.41. The Morgan fingerprint density at radius 2 is 2.28 bits per heavy atom. The quantitative estimate of drug-likeness (QED) is 0.801. The fourth-order valence-electron chi connectivity index (χ4n) is 3.06. The van der Waals surface area contributed by atoms with Gasteiger partial charge in [0, 0.05) is 36.9 Å². The van der Waals surface area contributed by atoms with Gasteiger partial charge in [0.1, 0.15) is 11.6 Å². The number of anilines is 1. The van der Waals surface area contributed by atoms with E-state index in [1.54, 1.807) is 0 Å². The molecule has 0 radical (unpaired) electrons. The third-order valence-electron chi connectivity index (χ3n) is 4.19. The molecule has 0 saturated carbocycles. The SMILES string of the molecule is CCc1cc(N2CCC3(CCOC3)C2)nc(C)n1. The van der Waals surface area contributed by atoms with E-state index in [4.69, 9.17) is 4.74 Å². The maximum atomic E-state index is 5.58. The van der Waals surface area contributed by atoms with Gasteiger partial charge in [-0.3, -0.25) is 0 Å². The second kappa shape index (κ2) is 4.50. The highest BCUT2D eigenvalue weighted by atomic mass is 16.5. The minimum Gasteiger partial charge on any atom is -0.381 e. The summed E-state index contributed by atoms with van der Waals surface area (Å²) in [6.07, 6.45) is 3.41. The molecule has 4 heteroatoms. The second-order valence-electron chi connectivity index (χ2n) is 5.59. The highest BCUT2D eigenvalue weighted by molar-refractivity contribution is 5.42. The molecule has 0 amide bonds. The average molecular weight is 247 g/mol. The van der Waals surface area contributed by atoms with E-state index in [-0.39, 0.29) is 0 Å². The molecular weight excluding hydrogens is 226 g/mol. The normalized spacial score (nSPS) is 27.3. The second-order valence-corrected chi connectivity index (χ2v) is 5.59. The van der Waals surface area contributed by atoms with Crippen LogP contribution in [0.25, 0.3) is 0 Å². The third-order valence-corrected chi connectivity index (χ3v) is 4.19. The predicted octanol–water partition coefficient (Wildman–Crippen LogP) is 1.96. The smallest absolute Gasteiger partial charge is 0.132 e. The summed E-state index contributed by atoms with van der Waals surface area (Å²) in [6.45, 7) is 8.16. The van der Waals surface area contributed by atoms with Crippen molar-refractivity contribution in [3.63, 3.8) is 0 Å². The summed E-state index contributed by atoms with van der Waals surface area (Å²) < 4.78 is 5.58. The third kappa shape index (κ3) is 2.09. The van der Waals surface area contributed by atoms with E-state index < -0.39 is 0 Å². The first-order valence-electron chi connectivity index (χ1n) is 6.88. The van der Waals surface area contributed by atoms with Crippen molar-refractivity contribution in [3.05, 3.63) is 17.6 Å². The number of rotatable bonds is 2. The van der Waals surface area contributed by atoms with Gasteiger partial charge in [0.05, 0.1) is 6.61 Å². The fraction of sp³-hybridized carbons (Fsp3) is 0.714. The van der Waals surface area contributed by atoms with Gasteiger partial charge in [-0.25, -0.2) is 9.97 Å². The lowest BCUT2D eigenvalue weighted by Crippen LogP contribution is -2.28. The van der Waals surface area contributed by atoms with Gasteiger partial charge in [-0.05, 0) is 26.2 Å². The highest BCUT2D eigenvalue weighted by Crippen LogP contribution is 2.39. The van der Waals surface area contributed by atoms with Crippen molar-refractivity contribution in [2.45, 2.75) is 33.1 Å². The van der Waals surface area contributed by atoms with Gasteiger partial charge < -0.3 is 9.64 Å². The molecule has 3 rings (SSSR count). The molecule has 2 fully saturated rings. The topological polar surface area (TPSA) is 38.2 Å². The van der Waals surface area contributed by atoms with Gasteiger partial charge >= 0.3 is 0 Å². The number of aryl methyl sites for hydroxylation is 2. The first-order chi connectivity index (χ1) is 8.71. The zero-order valence-corrected chi connectivity index (χ0v) is 11.3. The van der Waals surface area contributed by atoms with Crippen molar-refractivity contribution in [1.82, 2.24) is 9.97 Å². The Balaban J connectivity index is 1.81. The van der Waals surface area contributed by atoms with Crippen LogP contribution in [0.1, 0.15) is 31.3 Å². The van der Waals surface area contributed by atoms with Crippen LogP contribution in [0.5, 0.6) is 0 Å². The van der Waals surface area contributed by atoms with Crippen LogP contribution < -0.4 is 4.90 Å². The Morgan fingerprint density at radius 3 is 3.00 bits per heavy atom. The molecule has 2 aliphatic heterocycles. The molecule has 2 saturated heterocycles. The lowest BCUT2D eigenvalue weighted by atomic mass is 9.87. The summed E-state index contributed by atoms with van der Waals surface area (Å²) in [5.74, 6) is 1.98. The Bertz CT molecular complexity index is 441. The molecule has 0 bridgehead atoms. The first-order valence-corrected chi connectivity index (χ1v) is 6.88. The van der Waals surface area contributed by atoms with E-state index in [2.05, 4.69) is 27.9 Å². The number of nitrogens with zero attached hydrogens (tertiary/aromatic N) is 3. The van der Waals surface area contributed by atoms with Crippen molar-refractivity contribution in [2.75, 3.05) is 31.2 Å². The van der Waals surface area contributed by atoms with Crippen LogP contribution in [0.2, 0.25) is 0 Å². The lowest BCUT2D eigenvalue weighted by Gasteiger charge is -2.23.